The number of halogens is 1. The first-order valence-electron chi connectivity index (χ1n) is 18.3. The van der Waals surface area contributed by atoms with Gasteiger partial charge in [-0.25, -0.2) is 0 Å². The summed E-state index contributed by atoms with van der Waals surface area (Å²) in [5.41, 5.74) is 0.264. The molecule has 0 aliphatic carbocycles. The number of unbranched alkanes of at least 4 members (excludes halogenated alkanes) is 1. The summed E-state index contributed by atoms with van der Waals surface area (Å²) >= 11 is 3.76. The number of fused-ring (bicyclic) bond motifs is 1. The molecule has 3 aliphatic rings. The van der Waals surface area contributed by atoms with E-state index in [2.05, 4.69) is 29.1 Å². The molecule has 10 nitrogen and oxygen atoms in total. The van der Waals surface area contributed by atoms with Crippen LogP contribution in [0.1, 0.15) is 63.2 Å². The molecule has 0 saturated carbocycles. The highest BCUT2D eigenvalue weighted by atomic mass is 79.9. The molecule has 0 radical (unpaired) electrons. The number of aliphatic hydroxyl groups excluding tert-OH is 1. The van der Waals surface area contributed by atoms with Crippen molar-refractivity contribution in [2.45, 2.75) is 93.1 Å². The van der Waals surface area contributed by atoms with Crippen LogP contribution in [0, 0.1) is 11.8 Å². The Labute approximate surface area is 315 Å². The van der Waals surface area contributed by atoms with Crippen LogP contribution in [0.4, 0.5) is 0 Å². The second-order valence-corrected chi connectivity index (χ2v) is 15.4. The summed E-state index contributed by atoms with van der Waals surface area (Å²) in [5, 5.41) is 10.8. The number of aliphatic hydroxyl groups is 1. The fraction of sp³-hybridized carbons (Fsp3) is 0.512. The third-order valence-electron chi connectivity index (χ3n) is 11.0. The predicted octanol–water partition coefficient (Wildman–Crippen LogP) is 5.25. The van der Waals surface area contributed by atoms with Crippen LogP contribution in [-0.4, -0.2) is 105 Å². The molecule has 280 valence electrons. The first kappa shape index (κ1) is 39.4. The number of ether oxygens (including phenoxy) is 2. The topological polar surface area (TPSA) is 117 Å². The van der Waals surface area contributed by atoms with Crippen molar-refractivity contribution >= 4 is 39.6 Å². The number of hydrogen-bond donors (Lipinski definition) is 1. The number of carbonyl (C=O) groups is 4. The van der Waals surface area contributed by atoms with E-state index in [1.165, 1.54) is 4.90 Å². The molecule has 9 atom stereocenters. The quantitative estimate of drug-likeness (QED) is 0.125. The molecule has 3 amide bonds. The zero-order chi connectivity index (χ0) is 37.6. The molecular formula is C41H52BrN3O7. The van der Waals surface area contributed by atoms with Gasteiger partial charge in [-0.1, -0.05) is 102 Å². The number of amides is 3. The fourth-order valence-corrected chi connectivity index (χ4v) is 9.18. The van der Waals surface area contributed by atoms with Gasteiger partial charge in [0.1, 0.15) is 17.7 Å². The van der Waals surface area contributed by atoms with Crippen molar-refractivity contribution in [2.75, 3.05) is 26.7 Å². The largest absolute Gasteiger partial charge is 0.455 e. The number of likely N-dealkylation sites (N-methyl/N-ethyl adjacent to an activating group) is 1. The van der Waals surface area contributed by atoms with Crippen LogP contribution >= 0.6 is 15.9 Å². The van der Waals surface area contributed by atoms with Gasteiger partial charge in [0.25, 0.3) is 0 Å². The van der Waals surface area contributed by atoms with Crippen molar-refractivity contribution in [1.82, 2.24) is 14.7 Å². The highest BCUT2D eigenvalue weighted by molar-refractivity contribution is 9.09. The molecule has 11 heteroatoms. The Balaban J connectivity index is 1.54. The van der Waals surface area contributed by atoms with Crippen molar-refractivity contribution < 1.29 is 33.8 Å². The lowest BCUT2D eigenvalue weighted by Gasteiger charge is -2.39. The molecule has 0 aromatic heterocycles. The minimum Gasteiger partial charge on any atom is -0.455 e. The van der Waals surface area contributed by atoms with E-state index >= 15 is 0 Å². The smallest absolute Gasteiger partial charge is 0.313 e. The normalized spacial score (nSPS) is 26.3. The van der Waals surface area contributed by atoms with Crippen molar-refractivity contribution in [3.8, 4) is 0 Å². The maximum atomic E-state index is 14.9. The number of likely N-dealkylation sites (tertiary alicyclic amines) is 1. The third-order valence-corrected chi connectivity index (χ3v) is 11.8. The van der Waals surface area contributed by atoms with E-state index in [1.54, 1.807) is 29.0 Å². The van der Waals surface area contributed by atoms with E-state index in [4.69, 9.17) is 9.47 Å². The molecule has 2 aromatic rings. The monoisotopic (exact) mass is 777 g/mol. The predicted molar refractivity (Wildman–Crippen MR) is 202 cm³/mol. The van der Waals surface area contributed by atoms with Crippen LogP contribution in [0.3, 0.4) is 0 Å². The van der Waals surface area contributed by atoms with Gasteiger partial charge in [0.05, 0.1) is 36.6 Å². The number of carbonyl (C=O) groups excluding carboxylic acids is 4. The molecule has 3 fully saturated rings. The van der Waals surface area contributed by atoms with Crippen LogP contribution in [0.5, 0.6) is 0 Å². The standard InChI is InChI=1S/C41H52BrN3O7/c1-6-9-21-32(47)43(5)27(4)35(29-19-15-12-16-20-29)51-40(50)33-34-38(48)45(30(26-46)24-28-17-13-11-14-18-28)37(41(34)25-31(42)36(33)52-41)39(49)44(22-8-3)23-10-7-2/h6,8,11-20,27,30-31,33-37,46H,1,3,7,9-10,21-26H2,2,4-5H3/t27-,30-,31?,33-,34+,35+,36-,37-,41+/m1/s1. The fourth-order valence-electron chi connectivity index (χ4n) is 8.24. The van der Waals surface area contributed by atoms with E-state index in [9.17, 15) is 24.3 Å². The Kier molecular flexibility index (Phi) is 13.1. The van der Waals surface area contributed by atoms with Gasteiger partial charge in [-0.2, -0.15) is 0 Å². The summed E-state index contributed by atoms with van der Waals surface area (Å²) < 4.78 is 13.2. The minimum absolute atomic E-state index is 0.115. The molecule has 2 bridgehead atoms. The summed E-state index contributed by atoms with van der Waals surface area (Å²) in [6.07, 6.45) is 4.81. The van der Waals surface area contributed by atoms with Crippen molar-refractivity contribution in [1.29, 1.82) is 0 Å². The maximum Gasteiger partial charge on any atom is 0.313 e. The van der Waals surface area contributed by atoms with Gasteiger partial charge >= 0.3 is 5.97 Å². The molecule has 3 heterocycles. The Hall–Kier alpha value is -3.80. The summed E-state index contributed by atoms with van der Waals surface area (Å²) in [6.45, 7) is 11.8. The van der Waals surface area contributed by atoms with Crippen molar-refractivity contribution in [3.05, 3.63) is 97.1 Å². The molecule has 2 aromatic carbocycles. The van der Waals surface area contributed by atoms with Crippen LogP contribution in [0.25, 0.3) is 0 Å². The Morgan fingerprint density at radius 1 is 1.12 bits per heavy atom. The molecule has 1 spiro atoms. The minimum atomic E-state index is -1.34. The first-order chi connectivity index (χ1) is 25.0. The van der Waals surface area contributed by atoms with Gasteiger partial charge in [0.15, 0.2) is 0 Å². The maximum absolute atomic E-state index is 14.9. The van der Waals surface area contributed by atoms with E-state index in [0.717, 1.165) is 18.4 Å². The van der Waals surface area contributed by atoms with E-state index < -0.39 is 59.6 Å². The number of alkyl halides is 1. The summed E-state index contributed by atoms with van der Waals surface area (Å²) in [5.74, 6) is -3.50. The zero-order valence-corrected chi connectivity index (χ0v) is 32.0. The van der Waals surface area contributed by atoms with Crippen LogP contribution < -0.4 is 0 Å². The lowest BCUT2D eigenvalue weighted by atomic mass is 9.70. The summed E-state index contributed by atoms with van der Waals surface area (Å²) in [4.78, 5) is 61.9. The highest BCUT2D eigenvalue weighted by Crippen LogP contribution is 2.61. The average molecular weight is 779 g/mol. The molecule has 5 rings (SSSR count). The number of esters is 1. The summed E-state index contributed by atoms with van der Waals surface area (Å²) in [7, 11) is 1.69. The third kappa shape index (κ3) is 7.63. The van der Waals surface area contributed by atoms with E-state index in [-0.39, 0.29) is 36.2 Å². The zero-order valence-electron chi connectivity index (χ0n) is 30.4. The van der Waals surface area contributed by atoms with Gasteiger partial charge in [0.2, 0.25) is 17.7 Å². The molecule has 52 heavy (non-hydrogen) atoms. The molecule has 1 unspecified atom stereocenters. The van der Waals surface area contributed by atoms with Crippen molar-refractivity contribution in [2.24, 2.45) is 11.8 Å². The number of hydrogen-bond acceptors (Lipinski definition) is 7. The van der Waals surface area contributed by atoms with Gasteiger partial charge in [-0.15, -0.1) is 13.2 Å². The summed E-state index contributed by atoms with van der Waals surface area (Å²) in [6, 6.07) is 16.4. The number of nitrogens with zero attached hydrogens (tertiary/aromatic N) is 3. The lowest BCUT2D eigenvalue weighted by Crippen LogP contribution is -2.59. The van der Waals surface area contributed by atoms with Crippen LogP contribution in [0.15, 0.2) is 86.0 Å². The van der Waals surface area contributed by atoms with E-state index in [1.807, 2.05) is 74.5 Å². The highest BCUT2D eigenvalue weighted by Gasteiger charge is 2.77. The van der Waals surface area contributed by atoms with Gasteiger partial charge in [-0.05, 0) is 43.7 Å². The number of benzene rings is 2. The molecule has 1 N–H and O–H groups in total. The second-order valence-electron chi connectivity index (χ2n) is 14.2. The van der Waals surface area contributed by atoms with Gasteiger partial charge in [-0.3, -0.25) is 19.2 Å². The van der Waals surface area contributed by atoms with Crippen LogP contribution in [0.2, 0.25) is 0 Å². The number of allylic oxidation sites excluding steroid dienone is 1. The Morgan fingerprint density at radius 3 is 2.40 bits per heavy atom. The van der Waals surface area contributed by atoms with E-state index in [0.29, 0.717) is 31.4 Å². The SMILES string of the molecule is C=CCCC(=O)N(C)[C@H](C)[C@H](OC(=O)[C@H]1[C@@H]2O[C@@]3(CC2Br)[C@@H]1C(=O)N([C@@H](CO)Cc1ccccc1)[C@@H]3C(=O)N(CC=C)CCCC)c1ccccc1. The lowest BCUT2D eigenvalue weighted by molar-refractivity contribution is -0.165. The van der Waals surface area contributed by atoms with Gasteiger partial charge in [0, 0.05) is 31.4 Å². The Morgan fingerprint density at radius 2 is 1.79 bits per heavy atom. The second kappa shape index (κ2) is 17.4. The molecule has 3 aliphatic heterocycles. The van der Waals surface area contributed by atoms with Crippen LogP contribution in [-0.2, 0) is 35.1 Å². The Bertz CT molecular complexity index is 1590. The molecule has 3 saturated heterocycles. The van der Waals surface area contributed by atoms with Crippen molar-refractivity contribution in [3.63, 3.8) is 0 Å². The first-order valence-corrected chi connectivity index (χ1v) is 19.3. The number of rotatable bonds is 18. The average Bonchev–Trinajstić information content (AvgIpc) is 3.76. The van der Waals surface area contributed by atoms with Gasteiger partial charge < -0.3 is 29.3 Å². The molecular weight excluding hydrogens is 726 g/mol.